The summed E-state index contributed by atoms with van der Waals surface area (Å²) in [7, 11) is 1.52. The van der Waals surface area contributed by atoms with Gasteiger partial charge in [0.25, 0.3) is 5.95 Å². The molecule has 8 nitrogen and oxygen atoms in total. The van der Waals surface area contributed by atoms with Crippen LogP contribution in [-0.4, -0.2) is 38.9 Å². The Morgan fingerprint density at radius 1 is 1.02 bits per heavy atom. The van der Waals surface area contributed by atoms with E-state index in [1.807, 2.05) is 13.0 Å². The van der Waals surface area contributed by atoms with Crippen LogP contribution < -0.4 is 9.80 Å². The van der Waals surface area contributed by atoms with Gasteiger partial charge in [-0.15, -0.1) is 5.10 Å². The molecule has 1 amide bonds. The van der Waals surface area contributed by atoms with Crippen molar-refractivity contribution in [1.82, 2.24) is 20.2 Å². The largest absolute Gasteiger partial charge is 0.446 e. The van der Waals surface area contributed by atoms with Gasteiger partial charge in [0.2, 0.25) is 0 Å². The predicted molar refractivity (Wildman–Crippen MR) is 146 cm³/mol. The van der Waals surface area contributed by atoms with Crippen LogP contribution in [0, 0.1) is 6.92 Å². The molecule has 1 aliphatic carbocycles. The molecule has 2 aromatic carbocycles. The summed E-state index contributed by atoms with van der Waals surface area (Å²) >= 11 is 0. The van der Waals surface area contributed by atoms with Crippen LogP contribution in [0.1, 0.15) is 78.1 Å². The van der Waals surface area contributed by atoms with Gasteiger partial charge in [0, 0.05) is 13.1 Å². The molecule has 14 heteroatoms. The standard InChI is InChI=1S/C29H32F6N6O2/c1-16(2)43-27(42)40-10-6-9-24(23-11-17(3)21-7-5-8-22(21)25(23)40)41(26-36-38-39(4)37-26)15-18-12-19(28(30,31)32)14-20(13-18)29(33,34)35/h11-14,16,24H,5-10,15H2,1-4H3/t24-/m0/s1. The van der Waals surface area contributed by atoms with Crippen LogP contribution in [0.15, 0.2) is 24.3 Å². The zero-order chi connectivity index (χ0) is 31.3. The van der Waals surface area contributed by atoms with E-state index < -0.39 is 35.6 Å². The molecule has 3 aromatic rings. The molecular formula is C29H32F6N6O2. The van der Waals surface area contributed by atoms with E-state index in [2.05, 4.69) is 15.4 Å². The van der Waals surface area contributed by atoms with E-state index in [0.29, 0.717) is 30.6 Å². The highest BCUT2D eigenvalue weighted by Crippen LogP contribution is 2.46. The van der Waals surface area contributed by atoms with E-state index in [9.17, 15) is 31.1 Å². The summed E-state index contributed by atoms with van der Waals surface area (Å²) in [5.74, 6) is 0.0424. The lowest BCUT2D eigenvalue weighted by molar-refractivity contribution is -0.143. The molecule has 5 rings (SSSR count). The number of alkyl halides is 6. The van der Waals surface area contributed by atoms with Gasteiger partial charge in [-0.2, -0.15) is 31.1 Å². The van der Waals surface area contributed by atoms with Crippen molar-refractivity contribution in [2.45, 2.75) is 83.9 Å². The fraction of sp³-hybridized carbons (Fsp3) is 0.517. The van der Waals surface area contributed by atoms with Gasteiger partial charge in [-0.1, -0.05) is 11.2 Å². The summed E-state index contributed by atoms with van der Waals surface area (Å²) in [5.41, 5.74) is 1.53. The number of benzene rings is 2. The Kier molecular flexibility index (Phi) is 8.07. The lowest BCUT2D eigenvalue weighted by atomic mass is 9.91. The molecule has 0 saturated heterocycles. The Bertz CT molecular complexity index is 1480. The maximum absolute atomic E-state index is 13.7. The van der Waals surface area contributed by atoms with Crippen LogP contribution in [0.2, 0.25) is 0 Å². The molecule has 0 spiro atoms. The summed E-state index contributed by atoms with van der Waals surface area (Å²) in [6.45, 7) is 5.44. The maximum atomic E-state index is 13.7. The monoisotopic (exact) mass is 610 g/mol. The summed E-state index contributed by atoms with van der Waals surface area (Å²) < 4.78 is 87.9. The maximum Gasteiger partial charge on any atom is 0.416 e. The quantitative estimate of drug-likeness (QED) is 0.292. The van der Waals surface area contributed by atoms with Crippen LogP contribution >= 0.6 is 0 Å². The van der Waals surface area contributed by atoms with Gasteiger partial charge in [0.05, 0.1) is 36.0 Å². The van der Waals surface area contributed by atoms with Crippen molar-refractivity contribution < 1.29 is 35.9 Å². The van der Waals surface area contributed by atoms with Crippen LogP contribution in [0.3, 0.4) is 0 Å². The average molecular weight is 611 g/mol. The molecular weight excluding hydrogens is 578 g/mol. The highest BCUT2D eigenvalue weighted by molar-refractivity contribution is 5.91. The third-order valence-corrected chi connectivity index (χ3v) is 7.80. The van der Waals surface area contributed by atoms with Crippen molar-refractivity contribution in [3.05, 3.63) is 63.2 Å². The summed E-state index contributed by atoms with van der Waals surface area (Å²) in [6.07, 6.45) is -7.50. The molecule has 0 bridgehead atoms. The van der Waals surface area contributed by atoms with Gasteiger partial charge in [0.1, 0.15) is 0 Å². The predicted octanol–water partition coefficient (Wildman–Crippen LogP) is 6.94. The SMILES string of the molecule is Cc1cc2c(c3c1CCC3)N(C(=O)OC(C)C)CCC[C@@H]2N(Cc1cc(C(F)(F)F)cc(C(F)(F)F)c1)c1nnn(C)n1. The molecule has 1 aliphatic heterocycles. The minimum Gasteiger partial charge on any atom is -0.446 e. The third kappa shape index (κ3) is 6.28. The summed E-state index contributed by atoms with van der Waals surface area (Å²) in [5, 5.41) is 12.3. The number of anilines is 2. The van der Waals surface area contributed by atoms with E-state index in [4.69, 9.17) is 4.74 Å². The van der Waals surface area contributed by atoms with Crippen LogP contribution in [0.4, 0.5) is 42.8 Å². The second-order valence-corrected chi connectivity index (χ2v) is 11.3. The fourth-order valence-electron chi connectivity index (χ4n) is 6.07. The van der Waals surface area contributed by atoms with Crippen molar-refractivity contribution in [2.24, 2.45) is 7.05 Å². The Morgan fingerprint density at radius 3 is 2.26 bits per heavy atom. The summed E-state index contributed by atoms with van der Waals surface area (Å²) in [4.78, 5) is 17.7. The van der Waals surface area contributed by atoms with Gasteiger partial charge in [-0.05, 0) is 104 Å². The number of aromatic nitrogens is 4. The molecule has 2 heterocycles. The fourth-order valence-corrected chi connectivity index (χ4v) is 6.07. The number of hydrogen-bond donors (Lipinski definition) is 0. The number of tetrazole rings is 1. The molecule has 0 saturated carbocycles. The molecule has 43 heavy (non-hydrogen) atoms. The van der Waals surface area contributed by atoms with Crippen molar-refractivity contribution >= 4 is 17.7 Å². The molecule has 2 aliphatic rings. The Hall–Kier alpha value is -3.84. The van der Waals surface area contributed by atoms with E-state index in [0.717, 1.165) is 48.1 Å². The van der Waals surface area contributed by atoms with Gasteiger partial charge >= 0.3 is 18.4 Å². The minimum atomic E-state index is -4.99. The molecule has 0 radical (unpaired) electrons. The Balaban J connectivity index is 1.68. The highest BCUT2D eigenvalue weighted by Gasteiger charge is 2.39. The first kappa shape index (κ1) is 30.6. The minimum absolute atomic E-state index is 0.0424. The molecule has 1 atom stereocenters. The number of rotatable bonds is 5. The van der Waals surface area contributed by atoms with E-state index in [1.54, 1.807) is 23.6 Å². The smallest absolute Gasteiger partial charge is 0.416 e. The van der Waals surface area contributed by atoms with Crippen molar-refractivity contribution in [3.63, 3.8) is 0 Å². The molecule has 232 valence electrons. The van der Waals surface area contributed by atoms with Gasteiger partial charge in [0.15, 0.2) is 0 Å². The number of carbonyl (C=O) groups is 1. The zero-order valence-corrected chi connectivity index (χ0v) is 24.2. The zero-order valence-electron chi connectivity index (χ0n) is 24.2. The second kappa shape index (κ2) is 11.3. The third-order valence-electron chi connectivity index (χ3n) is 7.80. The molecule has 0 fully saturated rings. The Labute approximate surface area is 244 Å². The molecule has 0 N–H and O–H groups in total. The number of nitrogens with zero attached hydrogens (tertiary/aromatic N) is 6. The average Bonchev–Trinajstić information content (AvgIpc) is 3.52. The van der Waals surface area contributed by atoms with Crippen LogP contribution in [0.25, 0.3) is 0 Å². The number of aryl methyl sites for hydroxylation is 2. The van der Waals surface area contributed by atoms with Gasteiger partial charge < -0.3 is 9.64 Å². The second-order valence-electron chi connectivity index (χ2n) is 11.3. The van der Waals surface area contributed by atoms with E-state index in [1.165, 1.54) is 11.8 Å². The Morgan fingerprint density at radius 2 is 1.67 bits per heavy atom. The normalized spacial score (nSPS) is 17.1. The first-order chi connectivity index (χ1) is 20.1. The molecule has 1 aromatic heterocycles. The van der Waals surface area contributed by atoms with Crippen LogP contribution in [0.5, 0.6) is 0 Å². The number of amides is 1. The number of fused-ring (bicyclic) bond motifs is 3. The number of hydrogen-bond acceptors (Lipinski definition) is 6. The first-order valence-electron chi connectivity index (χ1n) is 14.1. The van der Waals surface area contributed by atoms with Gasteiger partial charge in [-0.3, -0.25) is 4.90 Å². The first-order valence-corrected chi connectivity index (χ1v) is 14.1. The summed E-state index contributed by atoms with van der Waals surface area (Å²) in [6, 6.07) is 2.92. The number of carbonyl (C=O) groups excluding carboxylic acids is 1. The highest BCUT2D eigenvalue weighted by atomic mass is 19.4. The lowest BCUT2D eigenvalue weighted by Gasteiger charge is -2.33. The number of halogens is 6. The van der Waals surface area contributed by atoms with Crippen molar-refractivity contribution in [2.75, 3.05) is 16.3 Å². The van der Waals surface area contributed by atoms with Crippen LogP contribution in [-0.2, 0) is 43.5 Å². The van der Waals surface area contributed by atoms with Crippen molar-refractivity contribution in [3.8, 4) is 0 Å². The van der Waals surface area contributed by atoms with Gasteiger partial charge in [-0.25, -0.2) is 4.79 Å². The lowest BCUT2D eigenvalue weighted by Crippen LogP contribution is -2.35. The number of ether oxygens (including phenoxy) is 1. The van der Waals surface area contributed by atoms with E-state index >= 15 is 0 Å². The topological polar surface area (TPSA) is 76.4 Å². The van der Waals surface area contributed by atoms with Crippen molar-refractivity contribution in [1.29, 1.82) is 0 Å². The van der Waals surface area contributed by atoms with E-state index in [-0.39, 0.29) is 30.2 Å². The molecule has 0 unspecified atom stereocenters.